The number of carboxylic acid groups (broad SMARTS) is 1. The second-order valence-corrected chi connectivity index (χ2v) is 5.66. The lowest BCUT2D eigenvalue weighted by molar-refractivity contribution is -0.227. The zero-order chi connectivity index (χ0) is 14.8. The summed E-state index contributed by atoms with van der Waals surface area (Å²) in [6, 6.07) is 0. The van der Waals surface area contributed by atoms with E-state index in [-0.39, 0.29) is 6.54 Å². The van der Waals surface area contributed by atoms with E-state index in [0.717, 1.165) is 4.90 Å². The second kappa shape index (κ2) is 5.60. The molecule has 1 N–H and O–H groups in total. The molecule has 0 bridgehead atoms. The van der Waals surface area contributed by atoms with Crippen molar-refractivity contribution in [3.63, 3.8) is 0 Å². The number of hydrogen-bond acceptors (Lipinski definition) is 3. The SMILES string of the molecule is CSCC(C)C(=O)N1CCC(C(=O)O)(C(F)(F)F)C1. The minimum atomic E-state index is -4.85. The number of halogens is 3. The van der Waals surface area contributed by atoms with Crippen LogP contribution >= 0.6 is 11.8 Å². The van der Waals surface area contributed by atoms with Gasteiger partial charge in [0.1, 0.15) is 0 Å². The van der Waals surface area contributed by atoms with Crippen LogP contribution in [0.2, 0.25) is 0 Å². The first-order chi connectivity index (χ1) is 8.65. The van der Waals surface area contributed by atoms with Crippen LogP contribution in [0.1, 0.15) is 13.3 Å². The summed E-state index contributed by atoms with van der Waals surface area (Å²) < 4.78 is 38.8. The molecule has 2 atom stereocenters. The molecular weight excluding hydrogens is 283 g/mol. The largest absolute Gasteiger partial charge is 0.481 e. The van der Waals surface area contributed by atoms with Gasteiger partial charge in [-0.15, -0.1) is 0 Å². The number of carbonyl (C=O) groups excluding carboxylic acids is 1. The maximum absolute atomic E-state index is 12.9. The van der Waals surface area contributed by atoms with Gasteiger partial charge in [-0.05, 0) is 12.7 Å². The number of amides is 1. The molecule has 0 spiro atoms. The summed E-state index contributed by atoms with van der Waals surface area (Å²) >= 11 is 1.42. The maximum Gasteiger partial charge on any atom is 0.406 e. The van der Waals surface area contributed by atoms with E-state index in [1.165, 1.54) is 11.8 Å². The summed E-state index contributed by atoms with van der Waals surface area (Å²) in [5, 5.41) is 8.88. The van der Waals surface area contributed by atoms with Gasteiger partial charge >= 0.3 is 12.1 Å². The van der Waals surface area contributed by atoms with Crippen molar-refractivity contribution in [2.45, 2.75) is 19.5 Å². The quantitative estimate of drug-likeness (QED) is 0.861. The third-order valence-corrected chi connectivity index (χ3v) is 4.20. The summed E-state index contributed by atoms with van der Waals surface area (Å²) in [4.78, 5) is 23.9. The molecule has 19 heavy (non-hydrogen) atoms. The van der Waals surface area contributed by atoms with Gasteiger partial charge in [-0.2, -0.15) is 24.9 Å². The van der Waals surface area contributed by atoms with Gasteiger partial charge in [-0.25, -0.2) is 0 Å². The lowest BCUT2D eigenvalue weighted by Gasteiger charge is -2.28. The Balaban J connectivity index is 2.86. The molecular formula is C11H16F3NO3S. The average molecular weight is 299 g/mol. The Kier molecular flexibility index (Phi) is 4.76. The smallest absolute Gasteiger partial charge is 0.406 e. The van der Waals surface area contributed by atoms with Crippen LogP contribution in [0.3, 0.4) is 0 Å². The van der Waals surface area contributed by atoms with E-state index in [1.54, 1.807) is 13.2 Å². The summed E-state index contributed by atoms with van der Waals surface area (Å²) in [5.74, 6) is -2.23. The van der Waals surface area contributed by atoms with Gasteiger partial charge in [0.15, 0.2) is 5.41 Å². The van der Waals surface area contributed by atoms with Gasteiger partial charge < -0.3 is 10.0 Å². The molecule has 0 aromatic carbocycles. The highest BCUT2D eigenvalue weighted by Crippen LogP contribution is 2.45. The van der Waals surface area contributed by atoms with Crippen LogP contribution in [-0.4, -0.2) is 53.2 Å². The van der Waals surface area contributed by atoms with Crippen LogP contribution in [0.15, 0.2) is 0 Å². The number of carbonyl (C=O) groups is 2. The maximum atomic E-state index is 12.9. The Labute approximate surface area is 113 Å². The lowest BCUT2D eigenvalue weighted by atomic mass is 9.86. The van der Waals surface area contributed by atoms with Crippen molar-refractivity contribution < 1.29 is 27.9 Å². The molecule has 0 aromatic heterocycles. The van der Waals surface area contributed by atoms with Gasteiger partial charge in [0, 0.05) is 24.8 Å². The van der Waals surface area contributed by atoms with Gasteiger partial charge in [0.2, 0.25) is 5.91 Å². The highest BCUT2D eigenvalue weighted by Gasteiger charge is 2.64. The molecule has 1 saturated heterocycles. The first-order valence-corrected chi connectivity index (χ1v) is 7.13. The van der Waals surface area contributed by atoms with E-state index in [0.29, 0.717) is 5.75 Å². The fourth-order valence-electron chi connectivity index (χ4n) is 2.16. The molecule has 2 unspecified atom stereocenters. The minimum absolute atomic E-state index is 0.163. The first-order valence-electron chi connectivity index (χ1n) is 5.73. The van der Waals surface area contributed by atoms with Crippen LogP contribution in [0.5, 0.6) is 0 Å². The zero-order valence-electron chi connectivity index (χ0n) is 10.7. The normalized spacial score (nSPS) is 25.4. The molecule has 110 valence electrons. The molecule has 1 amide bonds. The van der Waals surface area contributed by atoms with Crippen LogP contribution in [0.4, 0.5) is 13.2 Å². The fraction of sp³-hybridized carbons (Fsp3) is 0.818. The van der Waals surface area contributed by atoms with Crippen molar-refractivity contribution in [3.8, 4) is 0 Å². The topological polar surface area (TPSA) is 57.6 Å². The van der Waals surface area contributed by atoms with Crippen LogP contribution in [0.25, 0.3) is 0 Å². The third-order valence-electron chi connectivity index (χ3n) is 3.37. The molecule has 0 aliphatic carbocycles. The van der Waals surface area contributed by atoms with E-state index in [4.69, 9.17) is 5.11 Å². The Morgan fingerprint density at radius 3 is 2.42 bits per heavy atom. The summed E-state index contributed by atoms with van der Waals surface area (Å²) in [7, 11) is 0. The number of likely N-dealkylation sites (tertiary alicyclic amines) is 1. The van der Waals surface area contributed by atoms with Gasteiger partial charge in [-0.1, -0.05) is 6.92 Å². The highest BCUT2D eigenvalue weighted by atomic mass is 32.2. The Bertz CT molecular complexity index is 375. The molecule has 1 aliphatic rings. The highest BCUT2D eigenvalue weighted by molar-refractivity contribution is 7.98. The number of thioether (sulfide) groups is 1. The molecule has 0 aromatic rings. The van der Waals surface area contributed by atoms with Crippen molar-refractivity contribution in [1.82, 2.24) is 4.90 Å². The van der Waals surface area contributed by atoms with Crippen molar-refractivity contribution in [2.24, 2.45) is 11.3 Å². The average Bonchev–Trinajstić information content (AvgIpc) is 2.73. The molecule has 1 fully saturated rings. The first kappa shape index (κ1) is 16.1. The van der Waals surface area contributed by atoms with Crippen molar-refractivity contribution in [2.75, 3.05) is 25.1 Å². The lowest BCUT2D eigenvalue weighted by Crippen LogP contribution is -2.48. The fourth-order valence-corrected chi connectivity index (χ4v) is 2.80. The van der Waals surface area contributed by atoms with E-state index in [1.807, 2.05) is 0 Å². The Morgan fingerprint density at radius 1 is 1.47 bits per heavy atom. The van der Waals surface area contributed by atoms with Crippen LogP contribution in [0, 0.1) is 11.3 Å². The Hall–Kier alpha value is -0.920. The number of hydrogen-bond donors (Lipinski definition) is 1. The monoisotopic (exact) mass is 299 g/mol. The molecule has 0 radical (unpaired) electrons. The van der Waals surface area contributed by atoms with Gasteiger partial charge in [0.05, 0.1) is 0 Å². The standard InChI is InChI=1S/C11H16F3NO3S/c1-7(5-19-2)8(16)15-4-3-10(6-15,9(17)18)11(12,13)14/h7H,3-6H2,1-2H3,(H,17,18). The van der Waals surface area contributed by atoms with E-state index in [9.17, 15) is 22.8 Å². The molecule has 1 rings (SSSR count). The van der Waals surface area contributed by atoms with Crippen LogP contribution < -0.4 is 0 Å². The van der Waals surface area contributed by atoms with Crippen LogP contribution in [-0.2, 0) is 9.59 Å². The second-order valence-electron chi connectivity index (χ2n) is 4.75. The number of nitrogens with zero attached hydrogens (tertiary/aromatic N) is 1. The van der Waals surface area contributed by atoms with E-state index >= 15 is 0 Å². The molecule has 1 aliphatic heterocycles. The van der Waals surface area contributed by atoms with E-state index in [2.05, 4.69) is 0 Å². The molecule has 8 heteroatoms. The van der Waals surface area contributed by atoms with Crippen molar-refractivity contribution in [3.05, 3.63) is 0 Å². The Morgan fingerprint density at radius 2 is 2.05 bits per heavy atom. The molecule has 0 saturated carbocycles. The number of alkyl halides is 3. The summed E-state index contributed by atoms with van der Waals surface area (Å²) in [5.41, 5.74) is -2.82. The summed E-state index contributed by atoms with van der Waals surface area (Å²) in [6.07, 6.45) is -3.63. The molecule has 4 nitrogen and oxygen atoms in total. The number of carboxylic acids is 1. The number of aliphatic carboxylic acids is 1. The number of rotatable bonds is 4. The zero-order valence-corrected chi connectivity index (χ0v) is 11.5. The third kappa shape index (κ3) is 2.98. The van der Waals surface area contributed by atoms with Crippen molar-refractivity contribution in [1.29, 1.82) is 0 Å². The summed E-state index contributed by atoms with van der Waals surface area (Å²) in [6.45, 7) is 0.680. The van der Waals surface area contributed by atoms with Gasteiger partial charge in [-0.3, -0.25) is 9.59 Å². The van der Waals surface area contributed by atoms with Crippen molar-refractivity contribution >= 4 is 23.6 Å². The predicted octanol–water partition coefficient (Wildman–Crippen LogP) is 1.85. The predicted molar refractivity (Wildman–Crippen MR) is 64.9 cm³/mol. The van der Waals surface area contributed by atoms with E-state index < -0.39 is 42.4 Å². The molecule has 1 heterocycles. The minimum Gasteiger partial charge on any atom is -0.481 e. The van der Waals surface area contributed by atoms with Gasteiger partial charge in [0.25, 0.3) is 0 Å².